The third-order valence-corrected chi connectivity index (χ3v) is 9.35. The second-order valence-corrected chi connectivity index (χ2v) is 12.2. The van der Waals surface area contributed by atoms with Crippen molar-refractivity contribution in [1.82, 2.24) is 29.6 Å². The zero-order valence-electron chi connectivity index (χ0n) is 22.1. The van der Waals surface area contributed by atoms with Crippen molar-refractivity contribution in [3.8, 4) is 17.1 Å². The number of para-hydroxylation sites is 1. The molecule has 6 rings (SSSR count). The van der Waals surface area contributed by atoms with Crippen molar-refractivity contribution in [2.45, 2.75) is 17.8 Å². The molecule has 1 amide bonds. The van der Waals surface area contributed by atoms with Crippen LogP contribution in [0.5, 0.6) is 0 Å². The van der Waals surface area contributed by atoms with Crippen LogP contribution in [0.2, 0.25) is 10.0 Å². The number of benzene rings is 2. The van der Waals surface area contributed by atoms with Gasteiger partial charge in [0, 0.05) is 54.5 Å². The Labute approximate surface area is 256 Å². The summed E-state index contributed by atoms with van der Waals surface area (Å²) >= 11 is 15.7. The maximum Gasteiger partial charge on any atom is 0.273 e. The summed E-state index contributed by atoms with van der Waals surface area (Å²) in [6.45, 7) is 4.70. The lowest BCUT2D eigenvalue weighted by molar-refractivity contribution is 0.0741. The first-order chi connectivity index (χ1) is 20.0. The van der Waals surface area contributed by atoms with Crippen molar-refractivity contribution in [3.05, 3.63) is 98.7 Å². The monoisotopic (exact) mass is 621 g/mol. The molecule has 0 radical (unpaired) electrons. The lowest BCUT2D eigenvalue weighted by atomic mass is 10.2. The third kappa shape index (κ3) is 5.97. The number of pyridine rings is 1. The first-order valence-electron chi connectivity index (χ1n) is 13.0. The van der Waals surface area contributed by atoms with Crippen molar-refractivity contribution in [2.24, 2.45) is 0 Å². The predicted molar refractivity (Wildman–Crippen MR) is 166 cm³/mol. The molecule has 0 aliphatic carbocycles. The summed E-state index contributed by atoms with van der Waals surface area (Å²) in [6, 6.07) is 17.4. The molecule has 12 heteroatoms. The molecule has 1 saturated heterocycles. The Hall–Kier alpha value is -3.44. The molecule has 1 fully saturated rings. The molecule has 8 nitrogen and oxygen atoms in total. The van der Waals surface area contributed by atoms with Gasteiger partial charge in [-0.1, -0.05) is 53.2 Å². The van der Waals surface area contributed by atoms with Gasteiger partial charge in [0.05, 0.1) is 22.2 Å². The maximum absolute atomic E-state index is 13.2. The molecule has 0 saturated carbocycles. The SMILES string of the molecule is Cc1ccc(Cl)cc1-n1c(SCc2nc(C(=O)N3CCN(c4ccccc4Cl)CC3)cs2)nnc1-c1cccnc1. The van der Waals surface area contributed by atoms with E-state index in [1.54, 1.807) is 12.4 Å². The van der Waals surface area contributed by atoms with Crippen LogP contribution in [0.1, 0.15) is 21.1 Å². The average Bonchev–Trinajstić information content (AvgIpc) is 3.65. The summed E-state index contributed by atoms with van der Waals surface area (Å²) in [5, 5.41) is 13.7. The summed E-state index contributed by atoms with van der Waals surface area (Å²) in [4.78, 5) is 26.2. The van der Waals surface area contributed by atoms with E-state index in [0.29, 0.717) is 40.5 Å². The molecule has 4 heterocycles. The van der Waals surface area contributed by atoms with Crippen LogP contribution in [0.3, 0.4) is 0 Å². The molecule has 0 spiro atoms. The fourth-order valence-electron chi connectivity index (χ4n) is 4.71. The van der Waals surface area contributed by atoms with E-state index in [1.807, 2.05) is 76.4 Å². The van der Waals surface area contributed by atoms with Gasteiger partial charge in [0.2, 0.25) is 0 Å². The number of halogens is 2. The van der Waals surface area contributed by atoms with E-state index in [-0.39, 0.29) is 5.91 Å². The number of thioether (sulfide) groups is 1. The number of thiazole rings is 1. The van der Waals surface area contributed by atoms with E-state index in [0.717, 1.165) is 45.6 Å². The highest BCUT2D eigenvalue weighted by Gasteiger charge is 2.25. The Kier molecular flexibility index (Phi) is 8.25. The van der Waals surface area contributed by atoms with Gasteiger partial charge in [-0.05, 0) is 48.9 Å². The largest absolute Gasteiger partial charge is 0.367 e. The van der Waals surface area contributed by atoms with Gasteiger partial charge < -0.3 is 9.80 Å². The van der Waals surface area contributed by atoms with Gasteiger partial charge >= 0.3 is 0 Å². The number of rotatable bonds is 7. The Morgan fingerprint density at radius 3 is 2.61 bits per heavy atom. The van der Waals surface area contributed by atoms with Gasteiger partial charge in [-0.25, -0.2) is 4.98 Å². The van der Waals surface area contributed by atoms with Crippen molar-refractivity contribution in [2.75, 3.05) is 31.1 Å². The Bertz CT molecular complexity index is 1680. The van der Waals surface area contributed by atoms with Crippen molar-refractivity contribution in [3.63, 3.8) is 0 Å². The van der Waals surface area contributed by atoms with E-state index < -0.39 is 0 Å². The zero-order chi connectivity index (χ0) is 28.3. The Balaban J connectivity index is 1.16. The molecule has 0 atom stereocenters. The number of hydrogen-bond acceptors (Lipinski definition) is 8. The molecular weight excluding hydrogens is 597 g/mol. The molecule has 208 valence electrons. The number of carbonyl (C=O) groups excluding carboxylic acids is 1. The minimum Gasteiger partial charge on any atom is -0.367 e. The predicted octanol–water partition coefficient (Wildman–Crippen LogP) is 6.66. The van der Waals surface area contributed by atoms with Crippen LogP contribution in [0.15, 0.2) is 77.5 Å². The van der Waals surface area contributed by atoms with Crippen LogP contribution < -0.4 is 4.90 Å². The summed E-state index contributed by atoms with van der Waals surface area (Å²) in [5.74, 6) is 1.17. The van der Waals surface area contributed by atoms with Crippen LogP contribution in [0.25, 0.3) is 17.1 Å². The molecule has 0 unspecified atom stereocenters. The van der Waals surface area contributed by atoms with Crippen molar-refractivity contribution in [1.29, 1.82) is 0 Å². The number of aromatic nitrogens is 5. The van der Waals surface area contributed by atoms with E-state index in [1.165, 1.54) is 23.1 Å². The third-order valence-electron chi connectivity index (χ3n) is 6.82. The van der Waals surface area contributed by atoms with Crippen LogP contribution >= 0.6 is 46.3 Å². The minimum atomic E-state index is -0.0482. The van der Waals surface area contributed by atoms with Crippen molar-refractivity contribution >= 4 is 57.9 Å². The number of anilines is 1. The number of nitrogens with zero attached hydrogens (tertiary/aromatic N) is 7. The second-order valence-electron chi connectivity index (χ2n) is 9.46. The van der Waals surface area contributed by atoms with Gasteiger partial charge in [0.25, 0.3) is 5.91 Å². The molecule has 1 aliphatic heterocycles. The van der Waals surface area contributed by atoms with E-state index in [2.05, 4.69) is 25.1 Å². The number of amides is 1. The Morgan fingerprint density at radius 1 is 1.00 bits per heavy atom. The Morgan fingerprint density at radius 2 is 1.83 bits per heavy atom. The highest BCUT2D eigenvalue weighted by Crippen LogP contribution is 2.33. The van der Waals surface area contributed by atoms with Gasteiger partial charge in [-0.3, -0.25) is 14.3 Å². The lowest BCUT2D eigenvalue weighted by Crippen LogP contribution is -2.49. The molecule has 3 aromatic heterocycles. The number of carbonyl (C=O) groups is 1. The van der Waals surface area contributed by atoms with Gasteiger partial charge in [-0.2, -0.15) is 0 Å². The highest BCUT2D eigenvalue weighted by molar-refractivity contribution is 7.98. The molecule has 41 heavy (non-hydrogen) atoms. The van der Waals surface area contributed by atoms with Gasteiger partial charge in [0.1, 0.15) is 10.7 Å². The molecule has 5 aromatic rings. The summed E-state index contributed by atoms with van der Waals surface area (Å²) in [5.41, 5.74) is 4.26. The fraction of sp³-hybridized carbons (Fsp3) is 0.207. The van der Waals surface area contributed by atoms with Crippen LogP contribution in [0, 0.1) is 6.92 Å². The molecule has 0 N–H and O–H groups in total. The van der Waals surface area contributed by atoms with Gasteiger partial charge in [0.15, 0.2) is 11.0 Å². The number of aryl methyl sites for hydroxylation is 1. The smallest absolute Gasteiger partial charge is 0.273 e. The standard InChI is InChI=1S/C29H25Cl2N7OS2/c1-19-8-9-21(30)15-25(19)38-27(20-5-4-10-32-16-20)34-35-29(38)41-18-26-33-23(17-40-26)28(39)37-13-11-36(12-14-37)24-7-3-2-6-22(24)31/h2-10,15-17H,11-14,18H2,1H3. The van der Waals surface area contributed by atoms with Crippen LogP contribution in [-0.4, -0.2) is 61.7 Å². The van der Waals surface area contributed by atoms with E-state index in [9.17, 15) is 4.79 Å². The molecule has 0 bridgehead atoms. The highest BCUT2D eigenvalue weighted by atomic mass is 35.5. The van der Waals surface area contributed by atoms with Crippen LogP contribution in [-0.2, 0) is 5.75 Å². The first kappa shape index (κ1) is 27.7. The average molecular weight is 623 g/mol. The van der Waals surface area contributed by atoms with Crippen LogP contribution in [0.4, 0.5) is 5.69 Å². The summed E-state index contributed by atoms with van der Waals surface area (Å²) in [6.07, 6.45) is 3.49. The van der Waals surface area contributed by atoms with E-state index in [4.69, 9.17) is 23.2 Å². The summed E-state index contributed by atoms with van der Waals surface area (Å²) < 4.78 is 2.00. The van der Waals surface area contributed by atoms with Crippen molar-refractivity contribution < 1.29 is 4.79 Å². The minimum absolute atomic E-state index is 0.0482. The van der Waals surface area contributed by atoms with Gasteiger partial charge in [-0.15, -0.1) is 21.5 Å². The maximum atomic E-state index is 13.2. The van der Waals surface area contributed by atoms with E-state index >= 15 is 0 Å². The molecule has 2 aromatic carbocycles. The lowest BCUT2D eigenvalue weighted by Gasteiger charge is -2.36. The molecular formula is C29H25Cl2N7OS2. The number of piperazine rings is 1. The first-order valence-corrected chi connectivity index (χ1v) is 15.6. The zero-order valence-corrected chi connectivity index (χ0v) is 25.2. The normalized spacial score (nSPS) is 13.5. The molecule has 1 aliphatic rings. The fourth-order valence-corrected chi connectivity index (χ4v) is 6.86. The summed E-state index contributed by atoms with van der Waals surface area (Å²) in [7, 11) is 0. The topological polar surface area (TPSA) is 80.0 Å². The second kappa shape index (κ2) is 12.2. The number of hydrogen-bond donors (Lipinski definition) is 0. The quantitative estimate of drug-likeness (QED) is 0.188.